The molecule has 114 valence electrons. The Morgan fingerprint density at radius 2 is 2.24 bits per heavy atom. The number of hydrogen-bond donors (Lipinski definition) is 1. The van der Waals surface area contributed by atoms with E-state index in [0.717, 1.165) is 15.6 Å². The summed E-state index contributed by atoms with van der Waals surface area (Å²) in [5.74, 6) is -2.73. The molecule has 1 N–H and O–H groups in total. The average Bonchev–Trinajstić information content (AvgIpc) is 3.05. The molecule has 1 amide bonds. The molecule has 1 unspecified atom stereocenters. The van der Waals surface area contributed by atoms with E-state index < -0.39 is 17.9 Å². The van der Waals surface area contributed by atoms with Gasteiger partial charge in [0.05, 0.1) is 17.0 Å². The Morgan fingerprint density at radius 3 is 2.86 bits per heavy atom. The van der Waals surface area contributed by atoms with Gasteiger partial charge < -0.3 is 14.7 Å². The van der Waals surface area contributed by atoms with E-state index in [1.54, 1.807) is 12.1 Å². The number of ether oxygens (including phenoxy) is 1. The summed E-state index contributed by atoms with van der Waals surface area (Å²) in [5.41, 5.74) is 1.91. The first-order valence-corrected chi connectivity index (χ1v) is 7.46. The van der Waals surface area contributed by atoms with Crippen LogP contribution in [0, 0.1) is 5.92 Å². The molecule has 0 bridgehead atoms. The van der Waals surface area contributed by atoms with Crippen molar-refractivity contribution in [1.29, 1.82) is 0 Å². The van der Waals surface area contributed by atoms with Crippen LogP contribution in [0.1, 0.15) is 17.5 Å². The van der Waals surface area contributed by atoms with E-state index >= 15 is 0 Å². The van der Waals surface area contributed by atoms with Crippen molar-refractivity contribution in [3.63, 3.8) is 0 Å². The summed E-state index contributed by atoms with van der Waals surface area (Å²) in [4.78, 5) is 12.3. The molecule has 0 spiro atoms. The van der Waals surface area contributed by atoms with Gasteiger partial charge in [0.15, 0.2) is 0 Å². The fourth-order valence-corrected chi connectivity index (χ4v) is 3.20. The van der Waals surface area contributed by atoms with Crippen molar-refractivity contribution >= 4 is 22.0 Å². The molecule has 1 aromatic carbocycles. The Bertz CT molecular complexity index is 594. The SMILES string of the molecule is O=C(O)N1CCc2c(ccc(OCC3CC3(F)F)c2Br)C1. The summed E-state index contributed by atoms with van der Waals surface area (Å²) in [6.45, 7) is 0.765. The van der Waals surface area contributed by atoms with Crippen LogP contribution >= 0.6 is 15.9 Å². The number of alkyl halides is 2. The van der Waals surface area contributed by atoms with E-state index in [2.05, 4.69) is 15.9 Å². The number of fused-ring (bicyclic) bond motifs is 1. The Labute approximate surface area is 128 Å². The smallest absolute Gasteiger partial charge is 0.407 e. The van der Waals surface area contributed by atoms with E-state index in [-0.39, 0.29) is 13.0 Å². The molecule has 21 heavy (non-hydrogen) atoms. The van der Waals surface area contributed by atoms with Gasteiger partial charge in [0.2, 0.25) is 0 Å². The van der Waals surface area contributed by atoms with Crippen molar-refractivity contribution in [2.45, 2.75) is 25.3 Å². The molecule has 1 aliphatic carbocycles. The zero-order valence-electron chi connectivity index (χ0n) is 11.1. The van der Waals surface area contributed by atoms with E-state index in [1.165, 1.54) is 4.90 Å². The average molecular weight is 362 g/mol. The molecule has 1 atom stereocenters. The van der Waals surface area contributed by atoms with E-state index in [4.69, 9.17) is 9.84 Å². The molecule has 1 aromatic rings. The number of carboxylic acid groups (broad SMARTS) is 1. The van der Waals surface area contributed by atoms with Gasteiger partial charge in [0.1, 0.15) is 5.75 Å². The zero-order chi connectivity index (χ0) is 15.2. The second-order valence-corrected chi connectivity index (χ2v) is 6.24. The maximum Gasteiger partial charge on any atom is 0.407 e. The van der Waals surface area contributed by atoms with Crippen molar-refractivity contribution in [3.8, 4) is 5.75 Å². The first-order chi connectivity index (χ1) is 9.88. The molecule has 4 nitrogen and oxygen atoms in total. The molecule has 0 radical (unpaired) electrons. The van der Waals surface area contributed by atoms with Crippen LogP contribution in [-0.4, -0.2) is 35.2 Å². The monoisotopic (exact) mass is 361 g/mol. The van der Waals surface area contributed by atoms with Crippen LogP contribution in [0.15, 0.2) is 16.6 Å². The number of nitrogens with zero attached hydrogens (tertiary/aromatic N) is 1. The lowest BCUT2D eigenvalue weighted by Crippen LogP contribution is -2.34. The standard InChI is InChI=1S/C14H14BrF2NO3/c15-12-10-3-4-18(13(19)20)6-8(10)1-2-11(12)21-7-9-5-14(9,16)17/h1-2,9H,3-7H2,(H,19,20). The summed E-state index contributed by atoms with van der Waals surface area (Å²) in [7, 11) is 0. The summed E-state index contributed by atoms with van der Waals surface area (Å²) >= 11 is 3.44. The van der Waals surface area contributed by atoms with Gasteiger partial charge in [0, 0.05) is 19.5 Å². The fraction of sp³-hybridized carbons (Fsp3) is 0.500. The van der Waals surface area contributed by atoms with E-state index in [0.29, 0.717) is 25.3 Å². The molecule has 0 saturated heterocycles. The van der Waals surface area contributed by atoms with Crippen LogP contribution in [0.5, 0.6) is 5.75 Å². The molecule has 1 aliphatic heterocycles. The zero-order valence-corrected chi connectivity index (χ0v) is 12.7. The molecule has 3 rings (SSSR count). The minimum absolute atomic E-state index is 0.00559. The molecular weight excluding hydrogens is 348 g/mol. The summed E-state index contributed by atoms with van der Waals surface area (Å²) < 4.78 is 31.9. The normalized spacial score (nSPS) is 22.6. The third-order valence-electron chi connectivity index (χ3n) is 3.96. The number of rotatable bonds is 3. The Kier molecular flexibility index (Phi) is 3.55. The topological polar surface area (TPSA) is 49.8 Å². The van der Waals surface area contributed by atoms with Crippen LogP contribution in [0.2, 0.25) is 0 Å². The van der Waals surface area contributed by atoms with E-state index in [1.807, 2.05) is 0 Å². The number of halogens is 3. The van der Waals surface area contributed by atoms with Crippen LogP contribution in [0.4, 0.5) is 13.6 Å². The lowest BCUT2D eigenvalue weighted by atomic mass is 10.00. The lowest BCUT2D eigenvalue weighted by Gasteiger charge is -2.27. The first kappa shape index (κ1) is 14.6. The van der Waals surface area contributed by atoms with Gasteiger partial charge in [-0.3, -0.25) is 0 Å². The minimum atomic E-state index is -2.58. The highest BCUT2D eigenvalue weighted by molar-refractivity contribution is 9.10. The fourth-order valence-electron chi connectivity index (χ4n) is 2.51. The third kappa shape index (κ3) is 2.84. The van der Waals surface area contributed by atoms with Crippen LogP contribution in [0.25, 0.3) is 0 Å². The van der Waals surface area contributed by atoms with Gasteiger partial charge in [-0.2, -0.15) is 0 Å². The predicted molar refractivity (Wildman–Crippen MR) is 74.8 cm³/mol. The first-order valence-electron chi connectivity index (χ1n) is 6.67. The van der Waals surface area contributed by atoms with Gasteiger partial charge in [-0.25, -0.2) is 13.6 Å². The Morgan fingerprint density at radius 1 is 1.52 bits per heavy atom. The van der Waals surface area contributed by atoms with Crippen molar-refractivity contribution in [1.82, 2.24) is 4.90 Å². The number of benzene rings is 1. The summed E-state index contributed by atoms with van der Waals surface area (Å²) in [6, 6.07) is 3.50. The highest BCUT2D eigenvalue weighted by Gasteiger charge is 2.57. The Hall–Kier alpha value is -1.37. The predicted octanol–water partition coefficient (Wildman–Crippen LogP) is 3.52. The molecule has 2 aliphatic rings. The van der Waals surface area contributed by atoms with Crippen molar-refractivity contribution in [3.05, 3.63) is 27.7 Å². The van der Waals surface area contributed by atoms with Crippen molar-refractivity contribution < 1.29 is 23.4 Å². The molecule has 0 aromatic heterocycles. The maximum atomic E-state index is 12.8. The quantitative estimate of drug-likeness (QED) is 0.895. The van der Waals surface area contributed by atoms with Crippen LogP contribution < -0.4 is 4.74 Å². The van der Waals surface area contributed by atoms with Gasteiger partial charge in [-0.1, -0.05) is 6.07 Å². The third-order valence-corrected chi connectivity index (χ3v) is 4.83. The van der Waals surface area contributed by atoms with Crippen LogP contribution in [0.3, 0.4) is 0 Å². The number of amides is 1. The molecular formula is C14H14BrF2NO3. The highest BCUT2D eigenvalue weighted by Crippen LogP contribution is 2.49. The summed E-state index contributed by atoms with van der Waals surface area (Å²) in [6.07, 6.45) is -0.463. The lowest BCUT2D eigenvalue weighted by molar-refractivity contribution is 0.0855. The van der Waals surface area contributed by atoms with Gasteiger partial charge in [-0.05, 0) is 39.5 Å². The molecule has 7 heteroatoms. The van der Waals surface area contributed by atoms with Crippen molar-refractivity contribution in [2.75, 3.05) is 13.2 Å². The molecule has 1 heterocycles. The summed E-state index contributed by atoms with van der Waals surface area (Å²) in [5, 5.41) is 9.01. The second-order valence-electron chi connectivity index (χ2n) is 5.44. The maximum absolute atomic E-state index is 12.8. The second kappa shape index (κ2) is 5.12. The minimum Gasteiger partial charge on any atom is -0.492 e. The molecule has 1 fully saturated rings. The van der Waals surface area contributed by atoms with Gasteiger partial charge in [0.25, 0.3) is 5.92 Å². The number of hydrogen-bond acceptors (Lipinski definition) is 2. The van der Waals surface area contributed by atoms with E-state index in [9.17, 15) is 13.6 Å². The van der Waals surface area contributed by atoms with Gasteiger partial charge >= 0.3 is 6.09 Å². The van der Waals surface area contributed by atoms with Gasteiger partial charge in [-0.15, -0.1) is 0 Å². The number of carbonyl (C=O) groups is 1. The largest absolute Gasteiger partial charge is 0.492 e. The molecule has 1 saturated carbocycles. The highest BCUT2D eigenvalue weighted by atomic mass is 79.9. The van der Waals surface area contributed by atoms with Crippen molar-refractivity contribution in [2.24, 2.45) is 5.92 Å². The van der Waals surface area contributed by atoms with Crippen LogP contribution in [-0.2, 0) is 13.0 Å². The Balaban J connectivity index is 1.72.